The Labute approximate surface area is 200 Å². The molecule has 0 radical (unpaired) electrons. The number of nitrogens with zero attached hydrogens (tertiary/aromatic N) is 2. The van der Waals surface area contributed by atoms with E-state index >= 15 is 0 Å². The Morgan fingerprint density at radius 3 is 2.62 bits per heavy atom. The lowest BCUT2D eigenvalue weighted by molar-refractivity contribution is -0.119. The predicted octanol–water partition coefficient (Wildman–Crippen LogP) is 4.84. The molecule has 1 aliphatic heterocycles. The van der Waals surface area contributed by atoms with Crippen molar-refractivity contribution < 1.29 is 19.4 Å². The highest BCUT2D eigenvalue weighted by Gasteiger charge is 2.40. The van der Waals surface area contributed by atoms with Crippen LogP contribution in [0.2, 0.25) is 0 Å². The summed E-state index contributed by atoms with van der Waals surface area (Å²) in [7, 11) is 0. The van der Waals surface area contributed by atoms with Crippen LogP contribution in [-0.2, 0) is 4.79 Å². The van der Waals surface area contributed by atoms with Gasteiger partial charge in [-0.3, -0.25) is 9.69 Å². The summed E-state index contributed by atoms with van der Waals surface area (Å²) in [5, 5.41) is 13.9. The summed E-state index contributed by atoms with van der Waals surface area (Å²) in [5.41, 5.74) is 3.72. The van der Waals surface area contributed by atoms with Gasteiger partial charge in [-0.15, -0.1) is 11.3 Å². The zero-order chi connectivity index (χ0) is 23.7. The molecular formula is C26H23N3O4S. The van der Waals surface area contributed by atoms with Crippen molar-refractivity contribution in [2.24, 2.45) is 0 Å². The lowest BCUT2D eigenvalue weighted by Crippen LogP contribution is -2.44. The SMILES string of the molecule is Cc1ccc2nc(-c3ccc(NC(=O)[C@@H]4C[C@H](O)CN4C(=O)Oc4ccccc4)cc3)sc2c1. The van der Waals surface area contributed by atoms with Gasteiger partial charge in [-0.1, -0.05) is 24.3 Å². The number of aryl methyl sites for hydroxylation is 1. The first-order chi connectivity index (χ1) is 16.5. The molecule has 172 valence electrons. The van der Waals surface area contributed by atoms with Crippen LogP contribution >= 0.6 is 11.3 Å². The smallest absolute Gasteiger partial charge is 0.410 e. The molecule has 0 aliphatic carbocycles. The number of hydrogen-bond acceptors (Lipinski definition) is 6. The third-order valence-electron chi connectivity index (χ3n) is 5.71. The normalized spacial score (nSPS) is 17.6. The molecule has 7 nitrogen and oxygen atoms in total. The van der Waals surface area contributed by atoms with Crippen LogP contribution in [0.3, 0.4) is 0 Å². The molecule has 0 spiro atoms. The molecule has 2 amide bonds. The number of rotatable bonds is 4. The number of aromatic nitrogens is 1. The van der Waals surface area contributed by atoms with Gasteiger partial charge in [-0.25, -0.2) is 9.78 Å². The summed E-state index contributed by atoms with van der Waals surface area (Å²) in [6, 6.07) is 21.4. The van der Waals surface area contributed by atoms with Crippen LogP contribution in [0.5, 0.6) is 5.75 Å². The topological polar surface area (TPSA) is 91.8 Å². The van der Waals surface area contributed by atoms with Gasteiger partial charge in [0, 0.05) is 17.7 Å². The number of thiazole rings is 1. The van der Waals surface area contributed by atoms with Crippen molar-refractivity contribution in [2.45, 2.75) is 25.5 Å². The number of benzene rings is 3. The molecular weight excluding hydrogens is 450 g/mol. The Balaban J connectivity index is 1.27. The lowest BCUT2D eigenvalue weighted by Gasteiger charge is -2.23. The number of β-amino-alcohol motifs (C(OH)–C–C–N with tert-alkyl or cyclic N) is 1. The van der Waals surface area contributed by atoms with Crippen LogP contribution in [0, 0.1) is 6.92 Å². The van der Waals surface area contributed by atoms with E-state index in [2.05, 4.69) is 18.3 Å². The highest BCUT2D eigenvalue weighted by molar-refractivity contribution is 7.21. The van der Waals surface area contributed by atoms with Gasteiger partial charge in [0.25, 0.3) is 0 Å². The third kappa shape index (κ3) is 4.64. The van der Waals surface area contributed by atoms with Crippen molar-refractivity contribution in [3.05, 3.63) is 78.4 Å². The molecule has 1 saturated heterocycles. The van der Waals surface area contributed by atoms with E-state index in [4.69, 9.17) is 9.72 Å². The number of amides is 2. The fraction of sp³-hybridized carbons (Fsp3) is 0.192. The molecule has 1 aromatic heterocycles. The van der Waals surface area contributed by atoms with Crippen molar-refractivity contribution in [1.29, 1.82) is 0 Å². The van der Waals surface area contributed by atoms with E-state index in [-0.39, 0.29) is 18.9 Å². The van der Waals surface area contributed by atoms with Gasteiger partial charge in [-0.05, 0) is 61.0 Å². The number of fused-ring (bicyclic) bond motifs is 1. The average molecular weight is 474 g/mol. The summed E-state index contributed by atoms with van der Waals surface area (Å²) in [6.07, 6.45) is -1.30. The Bertz CT molecular complexity index is 1340. The molecule has 1 aliphatic rings. The Morgan fingerprint density at radius 2 is 1.85 bits per heavy atom. The average Bonchev–Trinajstić information content (AvgIpc) is 3.43. The number of aliphatic hydroxyl groups is 1. The summed E-state index contributed by atoms with van der Waals surface area (Å²) in [6.45, 7) is 2.10. The quantitative estimate of drug-likeness (QED) is 0.442. The van der Waals surface area contributed by atoms with Gasteiger partial charge in [0.05, 0.1) is 22.9 Å². The zero-order valence-electron chi connectivity index (χ0n) is 18.5. The van der Waals surface area contributed by atoms with Crippen molar-refractivity contribution >= 4 is 39.2 Å². The summed E-state index contributed by atoms with van der Waals surface area (Å²) < 4.78 is 6.50. The first-order valence-corrected chi connectivity index (χ1v) is 11.8. The molecule has 2 heterocycles. The second kappa shape index (κ2) is 9.24. The lowest BCUT2D eigenvalue weighted by atomic mass is 10.1. The number of aliphatic hydroxyl groups excluding tert-OH is 1. The Morgan fingerprint density at radius 1 is 1.09 bits per heavy atom. The molecule has 2 atom stereocenters. The summed E-state index contributed by atoms with van der Waals surface area (Å²) in [5.74, 6) is 0.0124. The Kier molecular flexibility index (Phi) is 6.00. The van der Waals surface area contributed by atoms with Crippen molar-refractivity contribution in [3.63, 3.8) is 0 Å². The molecule has 4 aromatic rings. The largest absolute Gasteiger partial charge is 0.416 e. The second-order valence-electron chi connectivity index (χ2n) is 8.30. The number of likely N-dealkylation sites (tertiary alicyclic amines) is 1. The van der Waals surface area contributed by atoms with E-state index in [0.717, 1.165) is 20.8 Å². The monoisotopic (exact) mass is 473 g/mol. The third-order valence-corrected chi connectivity index (χ3v) is 6.78. The van der Waals surface area contributed by atoms with E-state index in [1.54, 1.807) is 35.6 Å². The van der Waals surface area contributed by atoms with Gasteiger partial charge in [0.1, 0.15) is 16.8 Å². The summed E-state index contributed by atoms with van der Waals surface area (Å²) >= 11 is 1.62. The second-order valence-corrected chi connectivity index (χ2v) is 9.33. The number of ether oxygens (including phenoxy) is 1. The number of carbonyl (C=O) groups excluding carboxylic acids is 2. The molecule has 5 rings (SSSR count). The molecule has 0 bridgehead atoms. The van der Waals surface area contributed by atoms with Crippen LogP contribution in [0.1, 0.15) is 12.0 Å². The van der Waals surface area contributed by atoms with Gasteiger partial charge in [0.15, 0.2) is 0 Å². The fourth-order valence-electron chi connectivity index (χ4n) is 3.99. The minimum atomic E-state index is -0.821. The van der Waals surface area contributed by atoms with E-state index in [9.17, 15) is 14.7 Å². The highest BCUT2D eigenvalue weighted by Crippen LogP contribution is 2.31. The Hall–Kier alpha value is -3.75. The number of anilines is 1. The zero-order valence-corrected chi connectivity index (χ0v) is 19.3. The first-order valence-electron chi connectivity index (χ1n) is 11.0. The summed E-state index contributed by atoms with van der Waals surface area (Å²) in [4.78, 5) is 31.5. The van der Waals surface area contributed by atoms with Gasteiger partial charge in [0.2, 0.25) is 5.91 Å². The van der Waals surface area contributed by atoms with Crippen LogP contribution in [0.15, 0.2) is 72.8 Å². The first kappa shape index (κ1) is 22.1. The van der Waals surface area contributed by atoms with Gasteiger partial charge < -0.3 is 15.2 Å². The van der Waals surface area contributed by atoms with Crippen molar-refractivity contribution in [2.75, 3.05) is 11.9 Å². The molecule has 8 heteroatoms. The number of para-hydroxylation sites is 1. The van der Waals surface area contributed by atoms with Crippen LogP contribution in [0.25, 0.3) is 20.8 Å². The molecule has 3 aromatic carbocycles. The molecule has 0 unspecified atom stereocenters. The minimum Gasteiger partial charge on any atom is -0.410 e. The highest BCUT2D eigenvalue weighted by atomic mass is 32.1. The van der Waals surface area contributed by atoms with Crippen LogP contribution in [-0.4, -0.2) is 45.7 Å². The van der Waals surface area contributed by atoms with Crippen LogP contribution < -0.4 is 10.1 Å². The van der Waals surface area contributed by atoms with Gasteiger partial charge >= 0.3 is 6.09 Å². The molecule has 2 N–H and O–H groups in total. The minimum absolute atomic E-state index is 0.0414. The molecule has 0 saturated carbocycles. The van der Waals surface area contributed by atoms with Gasteiger partial charge in [-0.2, -0.15) is 0 Å². The van der Waals surface area contributed by atoms with E-state index < -0.39 is 18.2 Å². The number of hydrogen-bond donors (Lipinski definition) is 2. The fourth-order valence-corrected chi connectivity index (χ4v) is 5.06. The van der Waals surface area contributed by atoms with E-state index in [0.29, 0.717) is 11.4 Å². The number of nitrogens with one attached hydrogen (secondary N) is 1. The van der Waals surface area contributed by atoms with Crippen LogP contribution in [0.4, 0.5) is 10.5 Å². The van der Waals surface area contributed by atoms with Crippen molar-refractivity contribution in [3.8, 4) is 16.3 Å². The molecule has 34 heavy (non-hydrogen) atoms. The standard InChI is InChI=1S/C26H23N3O4S/c1-16-7-12-21-23(13-16)34-25(28-21)17-8-10-18(11-9-17)27-24(31)22-14-19(30)15-29(22)26(32)33-20-5-3-2-4-6-20/h2-13,19,22,30H,14-15H2,1H3,(H,27,31)/t19-,22-/m0/s1. The van der Waals surface area contributed by atoms with E-state index in [1.807, 2.05) is 42.5 Å². The molecule has 1 fully saturated rings. The maximum Gasteiger partial charge on any atom is 0.416 e. The number of carbonyl (C=O) groups is 2. The van der Waals surface area contributed by atoms with E-state index in [1.165, 1.54) is 10.5 Å². The van der Waals surface area contributed by atoms with Crippen molar-refractivity contribution in [1.82, 2.24) is 9.88 Å². The maximum absolute atomic E-state index is 12.9. The maximum atomic E-state index is 12.9. The predicted molar refractivity (Wildman–Crippen MR) is 132 cm³/mol.